The molecule has 128 valence electrons. The van der Waals surface area contributed by atoms with Crippen molar-refractivity contribution in [2.75, 3.05) is 39.9 Å². The first-order valence-corrected chi connectivity index (χ1v) is 7.89. The molecule has 6 heteroatoms. The summed E-state index contributed by atoms with van der Waals surface area (Å²) in [6.45, 7) is 3.22. The minimum atomic E-state index is 0.0123. The van der Waals surface area contributed by atoms with E-state index in [0.717, 1.165) is 31.5 Å². The van der Waals surface area contributed by atoms with Gasteiger partial charge in [0.1, 0.15) is 5.78 Å². The average Bonchev–Trinajstić information content (AvgIpc) is 2.58. The molecule has 1 heterocycles. The molecule has 1 saturated heterocycles. The lowest BCUT2D eigenvalue weighted by molar-refractivity contribution is -0.123. The Labute approximate surface area is 137 Å². The van der Waals surface area contributed by atoms with Crippen LogP contribution < -0.4 is 19.5 Å². The molecule has 0 spiro atoms. The van der Waals surface area contributed by atoms with Gasteiger partial charge < -0.3 is 19.5 Å². The zero-order valence-corrected chi connectivity index (χ0v) is 14.3. The Kier molecular flexibility index (Phi) is 6.10. The van der Waals surface area contributed by atoms with E-state index in [1.807, 2.05) is 12.1 Å². The third kappa shape index (κ3) is 4.07. The molecule has 23 heavy (non-hydrogen) atoms. The maximum atomic E-state index is 11.8. The molecule has 1 N–H and O–H groups in total. The summed E-state index contributed by atoms with van der Waals surface area (Å²) in [5.74, 6) is 2.02. The minimum absolute atomic E-state index is 0.0123. The SMILES string of the molecule is COc1cc(NCN2CCCC[C@H]2C(C)=O)cc(OC)c1OC. The monoisotopic (exact) mass is 322 g/mol. The molecule has 0 aromatic heterocycles. The van der Waals surface area contributed by atoms with Gasteiger partial charge in [0.15, 0.2) is 11.5 Å². The lowest BCUT2D eigenvalue weighted by atomic mass is 10.00. The van der Waals surface area contributed by atoms with Crippen LogP contribution >= 0.6 is 0 Å². The standard InChI is InChI=1S/C17H26N2O4/c1-12(20)14-7-5-6-8-19(14)11-18-13-9-15(21-2)17(23-4)16(10-13)22-3/h9-10,14,18H,5-8,11H2,1-4H3/t14-/m0/s1. The summed E-state index contributed by atoms with van der Waals surface area (Å²) in [6.07, 6.45) is 3.18. The van der Waals surface area contributed by atoms with Gasteiger partial charge in [-0.2, -0.15) is 0 Å². The molecule has 0 saturated carbocycles. The average molecular weight is 322 g/mol. The van der Waals surface area contributed by atoms with Gasteiger partial charge >= 0.3 is 0 Å². The molecular formula is C17H26N2O4. The highest BCUT2D eigenvalue weighted by molar-refractivity contribution is 5.81. The van der Waals surface area contributed by atoms with Crippen LogP contribution in [0.4, 0.5) is 5.69 Å². The number of benzene rings is 1. The van der Waals surface area contributed by atoms with Crippen LogP contribution in [0.3, 0.4) is 0 Å². The fourth-order valence-electron chi connectivity index (χ4n) is 3.02. The molecule has 0 amide bonds. The van der Waals surface area contributed by atoms with Crippen LogP contribution in [-0.4, -0.2) is 51.3 Å². The molecule has 1 aliphatic rings. The third-order valence-corrected chi connectivity index (χ3v) is 4.23. The van der Waals surface area contributed by atoms with Crippen molar-refractivity contribution < 1.29 is 19.0 Å². The van der Waals surface area contributed by atoms with Crippen LogP contribution in [0.2, 0.25) is 0 Å². The fourth-order valence-corrected chi connectivity index (χ4v) is 3.02. The van der Waals surface area contributed by atoms with Gasteiger partial charge in [-0.05, 0) is 19.8 Å². The number of nitrogens with zero attached hydrogens (tertiary/aromatic N) is 1. The normalized spacial score (nSPS) is 18.3. The summed E-state index contributed by atoms with van der Waals surface area (Å²) in [4.78, 5) is 14.0. The number of anilines is 1. The van der Waals surface area contributed by atoms with Crippen LogP contribution in [0.1, 0.15) is 26.2 Å². The van der Waals surface area contributed by atoms with Gasteiger partial charge in [0.25, 0.3) is 0 Å². The highest BCUT2D eigenvalue weighted by atomic mass is 16.5. The quantitative estimate of drug-likeness (QED) is 0.832. The van der Waals surface area contributed by atoms with Crippen molar-refractivity contribution in [2.45, 2.75) is 32.2 Å². The van der Waals surface area contributed by atoms with E-state index in [2.05, 4.69) is 10.2 Å². The predicted molar refractivity (Wildman–Crippen MR) is 89.6 cm³/mol. The van der Waals surface area contributed by atoms with Crippen LogP contribution in [0.15, 0.2) is 12.1 Å². The van der Waals surface area contributed by atoms with Crippen LogP contribution in [0, 0.1) is 0 Å². The van der Waals surface area contributed by atoms with E-state index in [-0.39, 0.29) is 11.8 Å². The van der Waals surface area contributed by atoms with Crippen molar-refractivity contribution >= 4 is 11.5 Å². The minimum Gasteiger partial charge on any atom is -0.493 e. The highest BCUT2D eigenvalue weighted by Crippen LogP contribution is 2.39. The molecule has 1 aromatic rings. The van der Waals surface area contributed by atoms with E-state index in [0.29, 0.717) is 23.9 Å². The maximum absolute atomic E-state index is 11.8. The Hall–Kier alpha value is -1.95. The largest absolute Gasteiger partial charge is 0.493 e. The van der Waals surface area contributed by atoms with Gasteiger partial charge in [-0.15, -0.1) is 0 Å². The molecule has 6 nitrogen and oxygen atoms in total. The number of likely N-dealkylation sites (tertiary alicyclic amines) is 1. The Bertz CT molecular complexity index is 522. The van der Waals surface area contributed by atoms with Crippen LogP contribution in [0.5, 0.6) is 17.2 Å². The number of rotatable bonds is 7. The zero-order chi connectivity index (χ0) is 16.8. The molecule has 0 bridgehead atoms. The fraction of sp³-hybridized carbons (Fsp3) is 0.588. The summed E-state index contributed by atoms with van der Waals surface area (Å²) >= 11 is 0. The van der Waals surface area contributed by atoms with Crippen molar-refractivity contribution in [3.05, 3.63) is 12.1 Å². The number of carbonyl (C=O) groups excluding carboxylic acids is 1. The van der Waals surface area contributed by atoms with E-state index >= 15 is 0 Å². The number of carbonyl (C=O) groups is 1. The topological polar surface area (TPSA) is 60.0 Å². The van der Waals surface area contributed by atoms with Crippen molar-refractivity contribution in [1.29, 1.82) is 0 Å². The summed E-state index contributed by atoms with van der Waals surface area (Å²) in [5.41, 5.74) is 0.868. The first-order chi connectivity index (χ1) is 11.1. The van der Waals surface area contributed by atoms with E-state index in [9.17, 15) is 4.79 Å². The van der Waals surface area contributed by atoms with Gasteiger partial charge in [0.05, 0.1) is 34.0 Å². The summed E-state index contributed by atoms with van der Waals surface area (Å²) in [5, 5.41) is 3.36. The van der Waals surface area contributed by atoms with E-state index in [1.54, 1.807) is 28.3 Å². The van der Waals surface area contributed by atoms with Gasteiger partial charge in [0, 0.05) is 24.4 Å². The number of nitrogens with one attached hydrogen (secondary N) is 1. The second kappa shape index (κ2) is 8.06. The van der Waals surface area contributed by atoms with Crippen LogP contribution in [0.25, 0.3) is 0 Å². The summed E-state index contributed by atoms with van der Waals surface area (Å²) in [7, 11) is 4.77. The lowest BCUT2D eigenvalue weighted by Crippen LogP contribution is -2.46. The number of Topliss-reactive ketones (excluding diaryl/α,β-unsaturated/α-hetero) is 1. The molecule has 1 aromatic carbocycles. The van der Waals surface area contributed by atoms with Crippen molar-refractivity contribution in [3.8, 4) is 17.2 Å². The number of ether oxygens (including phenoxy) is 3. The second-order valence-corrected chi connectivity index (χ2v) is 5.68. The predicted octanol–water partition coefficient (Wildman–Crippen LogP) is 2.53. The van der Waals surface area contributed by atoms with Gasteiger partial charge in [-0.1, -0.05) is 6.42 Å². The van der Waals surface area contributed by atoms with Crippen molar-refractivity contribution in [2.24, 2.45) is 0 Å². The smallest absolute Gasteiger partial charge is 0.203 e. The molecule has 1 atom stereocenters. The molecule has 0 radical (unpaired) electrons. The Morgan fingerprint density at radius 1 is 1.17 bits per heavy atom. The number of methoxy groups -OCH3 is 3. The third-order valence-electron chi connectivity index (χ3n) is 4.23. The van der Waals surface area contributed by atoms with E-state index in [4.69, 9.17) is 14.2 Å². The summed E-state index contributed by atoms with van der Waals surface area (Å²) in [6, 6.07) is 3.75. The van der Waals surface area contributed by atoms with Crippen molar-refractivity contribution in [3.63, 3.8) is 0 Å². The van der Waals surface area contributed by atoms with Gasteiger partial charge in [-0.25, -0.2) is 0 Å². The molecule has 0 aliphatic carbocycles. The van der Waals surface area contributed by atoms with Crippen molar-refractivity contribution in [1.82, 2.24) is 4.90 Å². The molecular weight excluding hydrogens is 296 g/mol. The number of hydrogen-bond donors (Lipinski definition) is 1. The first kappa shape index (κ1) is 17.4. The Morgan fingerprint density at radius 2 is 1.83 bits per heavy atom. The van der Waals surface area contributed by atoms with E-state index < -0.39 is 0 Å². The Balaban J connectivity index is 2.12. The number of hydrogen-bond acceptors (Lipinski definition) is 6. The molecule has 1 aliphatic heterocycles. The first-order valence-electron chi connectivity index (χ1n) is 7.89. The molecule has 0 unspecified atom stereocenters. The van der Waals surface area contributed by atoms with Crippen LogP contribution in [-0.2, 0) is 4.79 Å². The van der Waals surface area contributed by atoms with Gasteiger partial charge in [0.2, 0.25) is 5.75 Å². The van der Waals surface area contributed by atoms with E-state index in [1.165, 1.54) is 0 Å². The number of ketones is 1. The lowest BCUT2D eigenvalue weighted by Gasteiger charge is -2.34. The molecule has 2 rings (SSSR count). The highest BCUT2D eigenvalue weighted by Gasteiger charge is 2.25. The summed E-state index contributed by atoms with van der Waals surface area (Å²) < 4.78 is 16.0. The molecule has 1 fully saturated rings. The van der Waals surface area contributed by atoms with Gasteiger partial charge in [-0.3, -0.25) is 9.69 Å². The zero-order valence-electron chi connectivity index (χ0n) is 14.3. The second-order valence-electron chi connectivity index (χ2n) is 5.68. The maximum Gasteiger partial charge on any atom is 0.203 e. The number of piperidine rings is 1. The Morgan fingerprint density at radius 3 is 2.35 bits per heavy atom.